The number of rotatable bonds is 5. The van der Waals surface area contributed by atoms with Crippen molar-refractivity contribution in [2.75, 3.05) is 6.54 Å². The number of halogens is 1. The molecule has 0 aliphatic carbocycles. The third kappa shape index (κ3) is 3.82. The van der Waals surface area contributed by atoms with Crippen molar-refractivity contribution >= 4 is 39.0 Å². The largest absolute Gasteiger partial charge is 0.313 e. The molecule has 0 bridgehead atoms. The molecule has 2 nitrogen and oxygen atoms in total. The van der Waals surface area contributed by atoms with Crippen molar-refractivity contribution in [3.63, 3.8) is 0 Å². The molecule has 2 aromatic rings. The summed E-state index contributed by atoms with van der Waals surface area (Å²) >= 11 is 7.03. The standard InChI is InChI=1S/C13H15BrN2S2/c1-3-15-7-10-4-5-11(6-12(10)14)18-13-16-9(2)8-17-13/h4-6,8,15H,3,7H2,1-2H3. The number of nitrogens with one attached hydrogen (secondary N) is 1. The maximum absolute atomic E-state index is 4.46. The van der Waals surface area contributed by atoms with Crippen molar-refractivity contribution in [1.29, 1.82) is 0 Å². The average Bonchev–Trinajstić information content (AvgIpc) is 2.74. The molecule has 2 rings (SSSR count). The lowest BCUT2D eigenvalue weighted by atomic mass is 10.2. The van der Waals surface area contributed by atoms with Gasteiger partial charge in [0.05, 0.1) is 0 Å². The van der Waals surface area contributed by atoms with Gasteiger partial charge in [0.2, 0.25) is 0 Å². The van der Waals surface area contributed by atoms with Crippen molar-refractivity contribution in [3.05, 3.63) is 39.3 Å². The van der Waals surface area contributed by atoms with E-state index < -0.39 is 0 Å². The van der Waals surface area contributed by atoms with Crippen LogP contribution in [0.3, 0.4) is 0 Å². The fourth-order valence-corrected chi connectivity index (χ4v) is 4.00. The summed E-state index contributed by atoms with van der Waals surface area (Å²) in [6.07, 6.45) is 0. The van der Waals surface area contributed by atoms with Crippen LogP contribution in [0.2, 0.25) is 0 Å². The molecule has 0 unspecified atom stereocenters. The average molecular weight is 343 g/mol. The minimum absolute atomic E-state index is 0.901. The molecule has 5 heteroatoms. The summed E-state index contributed by atoms with van der Waals surface area (Å²) in [6.45, 7) is 6.03. The van der Waals surface area contributed by atoms with Gasteiger partial charge >= 0.3 is 0 Å². The van der Waals surface area contributed by atoms with Crippen LogP contribution in [0, 0.1) is 6.92 Å². The minimum Gasteiger partial charge on any atom is -0.313 e. The smallest absolute Gasteiger partial charge is 0.154 e. The van der Waals surface area contributed by atoms with E-state index >= 15 is 0 Å². The minimum atomic E-state index is 0.901. The van der Waals surface area contributed by atoms with E-state index in [-0.39, 0.29) is 0 Å². The van der Waals surface area contributed by atoms with Crippen LogP contribution >= 0.6 is 39.0 Å². The Morgan fingerprint density at radius 3 is 2.89 bits per heavy atom. The van der Waals surface area contributed by atoms with Gasteiger partial charge in [0.15, 0.2) is 4.34 Å². The van der Waals surface area contributed by atoms with Crippen molar-refractivity contribution in [2.45, 2.75) is 29.6 Å². The van der Waals surface area contributed by atoms with Crippen LogP contribution in [0.4, 0.5) is 0 Å². The van der Waals surface area contributed by atoms with Crippen LogP contribution in [-0.4, -0.2) is 11.5 Å². The van der Waals surface area contributed by atoms with Gasteiger partial charge < -0.3 is 5.32 Å². The summed E-state index contributed by atoms with van der Waals surface area (Å²) in [5.41, 5.74) is 2.38. The second-order valence-corrected chi connectivity index (χ2v) is 6.92. The van der Waals surface area contributed by atoms with E-state index in [0.717, 1.165) is 27.6 Å². The summed E-state index contributed by atoms with van der Waals surface area (Å²) < 4.78 is 2.25. The zero-order valence-electron chi connectivity index (χ0n) is 10.4. The first-order valence-electron chi connectivity index (χ1n) is 5.78. The number of thiazole rings is 1. The van der Waals surface area contributed by atoms with E-state index in [1.54, 1.807) is 23.1 Å². The highest BCUT2D eigenvalue weighted by atomic mass is 79.9. The molecular formula is C13H15BrN2S2. The summed E-state index contributed by atoms with van der Waals surface area (Å²) in [4.78, 5) is 5.68. The molecule has 1 heterocycles. The van der Waals surface area contributed by atoms with Crippen molar-refractivity contribution in [1.82, 2.24) is 10.3 Å². The molecule has 0 aliphatic rings. The van der Waals surface area contributed by atoms with Crippen LogP contribution in [0.25, 0.3) is 0 Å². The number of aromatic nitrogens is 1. The van der Waals surface area contributed by atoms with Gasteiger partial charge in [-0.05, 0) is 31.2 Å². The van der Waals surface area contributed by atoms with Gasteiger partial charge in [-0.1, -0.05) is 40.7 Å². The highest BCUT2D eigenvalue weighted by Gasteiger charge is 2.05. The predicted molar refractivity (Wildman–Crippen MR) is 82.5 cm³/mol. The number of benzene rings is 1. The van der Waals surface area contributed by atoms with Crippen LogP contribution < -0.4 is 5.32 Å². The summed E-state index contributed by atoms with van der Waals surface area (Å²) in [6, 6.07) is 6.47. The number of aryl methyl sites for hydroxylation is 1. The van der Waals surface area contributed by atoms with Gasteiger partial charge in [0, 0.05) is 27.0 Å². The molecule has 0 saturated heterocycles. The zero-order chi connectivity index (χ0) is 13.0. The van der Waals surface area contributed by atoms with Gasteiger partial charge in [-0.3, -0.25) is 0 Å². The Hall–Kier alpha value is -0.360. The van der Waals surface area contributed by atoms with E-state index in [2.05, 4.69) is 56.7 Å². The normalized spacial score (nSPS) is 10.8. The second kappa shape index (κ2) is 6.70. The summed E-state index contributed by atoms with van der Waals surface area (Å²) in [7, 11) is 0. The molecule has 0 amide bonds. The molecule has 0 fully saturated rings. The summed E-state index contributed by atoms with van der Waals surface area (Å²) in [5, 5.41) is 5.41. The van der Waals surface area contributed by atoms with Crippen LogP contribution in [0.5, 0.6) is 0 Å². The van der Waals surface area contributed by atoms with E-state index in [9.17, 15) is 0 Å². The maximum Gasteiger partial charge on any atom is 0.154 e. The highest BCUT2D eigenvalue weighted by Crippen LogP contribution is 2.32. The monoisotopic (exact) mass is 342 g/mol. The zero-order valence-corrected chi connectivity index (χ0v) is 13.6. The second-order valence-electron chi connectivity index (χ2n) is 3.89. The Bertz CT molecular complexity index is 525. The molecule has 1 aromatic carbocycles. The fraction of sp³-hybridized carbons (Fsp3) is 0.308. The lowest BCUT2D eigenvalue weighted by molar-refractivity contribution is 0.724. The summed E-state index contributed by atoms with van der Waals surface area (Å²) in [5.74, 6) is 0. The van der Waals surface area contributed by atoms with Gasteiger partial charge in [0.1, 0.15) is 0 Å². The van der Waals surface area contributed by atoms with Crippen LogP contribution in [-0.2, 0) is 6.54 Å². The van der Waals surface area contributed by atoms with E-state index in [0.29, 0.717) is 0 Å². The number of hydrogen-bond donors (Lipinski definition) is 1. The first-order chi connectivity index (χ1) is 8.69. The SMILES string of the molecule is CCNCc1ccc(Sc2nc(C)cs2)cc1Br. The molecule has 0 aliphatic heterocycles. The molecular weight excluding hydrogens is 328 g/mol. The van der Waals surface area contributed by atoms with E-state index in [4.69, 9.17) is 0 Å². The van der Waals surface area contributed by atoms with Crippen LogP contribution in [0.15, 0.2) is 37.3 Å². The Morgan fingerprint density at radius 2 is 2.28 bits per heavy atom. The van der Waals surface area contributed by atoms with E-state index in [1.807, 2.05) is 6.92 Å². The van der Waals surface area contributed by atoms with Gasteiger partial charge in [-0.25, -0.2) is 4.98 Å². The lowest BCUT2D eigenvalue weighted by Crippen LogP contribution is -2.11. The molecule has 0 saturated carbocycles. The molecule has 96 valence electrons. The third-order valence-corrected chi connectivity index (χ3v) is 5.18. The Kier molecular flexibility index (Phi) is 5.24. The van der Waals surface area contributed by atoms with Gasteiger partial charge in [-0.2, -0.15) is 0 Å². The Morgan fingerprint density at radius 1 is 1.44 bits per heavy atom. The molecule has 0 radical (unpaired) electrons. The Balaban J connectivity index is 2.08. The maximum atomic E-state index is 4.46. The molecule has 0 spiro atoms. The third-order valence-electron chi connectivity index (χ3n) is 2.39. The number of nitrogens with zero attached hydrogens (tertiary/aromatic N) is 1. The first-order valence-corrected chi connectivity index (χ1v) is 8.27. The molecule has 0 atom stereocenters. The van der Waals surface area contributed by atoms with Gasteiger partial charge in [0.25, 0.3) is 0 Å². The Labute approximate surface area is 124 Å². The fourth-order valence-electron chi connectivity index (χ4n) is 1.47. The van der Waals surface area contributed by atoms with Crippen molar-refractivity contribution < 1.29 is 0 Å². The lowest BCUT2D eigenvalue weighted by Gasteiger charge is -2.06. The quantitative estimate of drug-likeness (QED) is 0.867. The topological polar surface area (TPSA) is 24.9 Å². The molecule has 1 N–H and O–H groups in total. The van der Waals surface area contributed by atoms with Gasteiger partial charge in [-0.15, -0.1) is 11.3 Å². The van der Waals surface area contributed by atoms with Crippen LogP contribution in [0.1, 0.15) is 18.2 Å². The highest BCUT2D eigenvalue weighted by molar-refractivity contribution is 9.10. The number of hydrogen-bond acceptors (Lipinski definition) is 4. The van der Waals surface area contributed by atoms with Crippen molar-refractivity contribution in [3.8, 4) is 0 Å². The van der Waals surface area contributed by atoms with E-state index in [1.165, 1.54) is 10.5 Å². The molecule has 1 aromatic heterocycles. The molecule has 18 heavy (non-hydrogen) atoms. The predicted octanol–water partition coefficient (Wildman–Crippen LogP) is 4.47. The first kappa shape index (κ1) is 14.1. The van der Waals surface area contributed by atoms with Crippen molar-refractivity contribution in [2.24, 2.45) is 0 Å².